The van der Waals surface area contributed by atoms with Crippen LogP contribution in [0.1, 0.15) is 24.8 Å². The number of hydrogen-bond donors (Lipinski definition) is 2. The Morgan fingerprint density at radius 1 is 1.14 bits per heavy atom. The number of carbonyl (C=O) groups excluding carboxylic acids is 4. The maximum absolute atomic E-state index is 12.5. The summed E-state index contributed by atoms with van der Waals surface area (Å²) in [5.41, 5.74) is 0.736. The molecule has 0 radical (unpaired) electrons. The minimum atomic E-state index is -0.909. The highest BCUT2D eigenvalue weighted by atomic mass is 16.5. The summed E-state index contributed by atoms with van der Waals surface area (Å²) < 4.78 is 4.76. The SMILES string of the molecule is COC(=O)[C@H](Cc1ccc(O)cc1)NC(=O)CCN1C(=O)[C@@H]2CC=CC[C@H]2C1=O. The number of amides is 3. The zero-order valence-electron chi connectivity index (χ0n) is 16.2. The zero-order valence-corrected chi connectivity index (χ0v) is 16.2. The molecule has 1 fully saturated rings. The summed E-state index contributed by atoms with van der Waals surface area (Å²) in [5.74, 6) is -2.06. The fourth-order valence-corrected chi connectivity index (χ4v) is 3.77. The first-order valence-corrected chi connectivity index (χ1v) is 9.56. The lowest BCUT2D eigenvalue weighted by molar-refractivity contribution is -0.145. The van der Waals surface area contributed by atoms with Gasteiger partial charge in [-0.25, -0.2) is 4.79 Å². The van der Waals surface area contributed by atoms with Crippen LogP contribution in [0.3, 0.4) is 0 Å². The highest BCUT2D eigenvalue weighted by Gasteiger charge is 2.46. The number of likely N-dealkylation sites (tertiary alicyclic amines) is 1. The van der Waals surface area contributed by atoms with Crippen molar-refractivity contribution in [2.24, 2.45) is 11.8 Å². The van der Waals surface area contributed by atoms with Crippen LogP contribution in [-0.2, 0) is 30.3 Å². The maximum atomic E-state index is 12.5. The number of ether oxygens (including phenoxy) is 1. The number of imide groups is 1. The van der Waals surface area contributed by atoms with Gasteiger partial charge >= 0.3 is 5.97 Å². The molecule has 0 saturated carbocycles. The van der Waals surface area contributed by atoms with Gasteiger partial charge in [-0.2, -0.15) is 0 Å². The van der Waals surface area contributed by atoms with Crippen LogP contribution in [0.4, 0.5) is 0 Å². The molecule has 3 rings (SSSR count). The van der Waals surface area contributed by atoms with Gasteiger partial charge in [-0.15, -0.1) is 0 Å². The lowest BCUT2D eigenvalue weighted by atomic mass is 9.85. The van der Waals surface area contributed by atoms with Gasteiger partial charge in [0.15, 0.2) is 0 Å². The summed E-state index contributed by atoms with van der Waals surface area (Å²) >= 11 is 0. The van der Waals surface area contributed by atoms with E-state index < -0.39 is 17.9 Å². The number of aromatic hydroxyl groups is 1. The summed E-state index contributed by atoms with van der Waals surface area (Å²) in [4.78, 5) is 50.5. The molecule has 0 bridgehead atoms. The normalized spacial score (nSPS) is 21.6. The number of allylic oxidation sites excluding steroid dienone is 2. The molecule has 154 valence electrons. The summed E-state index contributed by atoms with van der Waals surface area (Å²) in [7, 11) is 1.23. The zero-order chi connectivity index (χ0) is 21.0. The number of benzene rings is 1. The number of hydrogen-bond acceptors (Lipinski definition) is 6. The van der Waals surface area contributed by atoms with Crippen LogP contribution in [0.25, 0.3) is 0 Å². The largest absolute Gasteiger partial charge is 0.508 e. The Bertz CT molecular complexity index is 806. The minimum absolute atomic E-state index is 0.0103. The maximum Gasteiger partial charge on any atom is 0.328 e. The van der Waals surface area contributed by atoms with Crippen LogP contribution in [0.15, 0.2) is 36.4 Å². The van der Waals surface area contributed by atoms with E-state index in [0.29, 0.717) is 12.8 Å². The molecule has 8 nitrogen and oxygen atoms in total. The third-order valence-corrected chi connectivity index (χ3v) is 5.36. The molecule has 29 heavy (non-hydrogen) atoms. The molecule has 0 unspecified atom stereocenters. The Morgan fingerprint density at radius 2 is 1.72 bits per heavy atom. The number of esters is 1. The van der Waals surface area contributed by atoms with Gasteiger partial charge in [-0.3, -0.25) is 19.3 Å². The van der Waals surface area contributed by atoms with Crippen molar-refractivity contribution in [1.29, 1.82) is 0 Å². The molecule has 8 heteroatoms. The molecule has 1 aromatic rings. The highest BCUT2D eigenvalue weighted by molar-refractivity contribution is 6.05. The molecular weight excluding hydrogens is 376 g/mol. The number of methoxy groups -OCH3 is 1. The van der Waals surface area contributed by atoms with Crippen molar-refractivity contribution in [3.05, 3.63) is 42.0 Å². The number of rotatable bonds is 7. The smallest absolute Gasteiger partial charge is 0.328 e. The molecule has 3 amide bonds. The number of phenols is 1. The third-order valence-electron chi connectivity index (χ3n) is 5.36. The van der Waals surface area contributed by atoms with Crippen molar-refractivity contribution in [1.82, 2.24) is 10.2 Å². The van der Waals surface area contributed by atoms with E-state index >= 15 is 0 Å². The second kappa shape index (κ2) is 8.89. The Labute approximate surface area is 168 Å². The molecule has 1 saturated heterocycles. The molecule has 2 N–H and O–H groups in total. The standard InChI is InChI=1S/C21H24N2O6/c1-29-21(28)17(12-13-6-8-14(24)9-7-13)22-18(25)10-11-23-19(26)15-4-2-3-5-16(15)20(23)27/h2-3,6-9,15-17,24H,4-5,10-12H2,1H3,(H,22,25)/t15-,16-,17+/m1/s1. The average molecular weight is 400 g/mol. The van der Waals surface area contributed by atoms with Gasteiger partial charge in [0.25, 0.3) is 0 Å². The molecule has 1 heterocycles. The molecule has 1 aliphatic carbocycles. The Hall–Kier alpha value is -3.16. The van der Waals surface area contributed by atoms with Crippen molar-refractivity contribution in [2.75, 3.05) is 13.7 Å². The van der Waals surface area contributed by atoms with E-state index in [1.807, 2.05) is 12.2 Å². The van der Waals surface area contributed by atoms with E-state index in [4.69, 9.17) is 4.74 Å². The quantitative estimate of drug-likeness (QED) is 0.400. The lowest BCUT2D eigenvalue weighted by Crippen LogP contribution is -2.44. The van der Waals surface area contributed by atoms with Crippen LogP contribution in [0.5, 0.6) is 5.75 Å². The first-order valence-electron chi connectivity index (χ1n) is 9.56. The summed E-state index contributed by atoms with van der Waals surface area (Å²) in [5, 5.41) is 12.0. The Kier molecular flexibility index (Phi) is 6.31. The van der Waals surface area contributed by atoms with Crippen LogP contribution >= 0.6 is 0 Å². The summed E-state index contributed by atoms with van der Waals surface area (Å²) in [6.45, 7) is -0.0103. The second-order valence-electron chi connectivity index (χ2n) is 7.25. The lowest BCUT2D eigenvalue weighted by Gasteiger charge is -2.18. The predicted molar refractivity (Wildman–Crippen MR) is 102 cm³/mol. The summed E-state index contributed by atoms with van der Waals surface area (Å²) in [6.07, 6.45) is 5.02. The average Bonchev–Trinajstić information content (AvgIpc) is 2.97. The minimum Gasteiger partial charge on any atom is -0.508 e. The molecular formula is C21H24N2O6. The van der Waals surface area contributed by atoms with Gasteiger partial charge in [-0.1, -0.05) is 24.3 Å². The molecule has 1 aliphatic heterocycles. The van der Waals surface area contributed by atoms with Gasteiger partial charge in [-0.05, 0) is 30.5 Å². The summed E-state index contributed by atoms with van der Waals surface area (Å²) in [6, 6.07) is 5.37. The molecule has 3 atom stereocenters. The van der Waals surface area contributed by atoms with Crippen LogP contribution < -0.4 is 5.32 Å². The van der Waals surface area contributed by atoms with Gasteiger partial charge in [0.05, 0.1) is 18.9 Å². The van der Waals surface area contributed by atoms with E-state index in [-0.39, 0.29) is 48.8 Å². The fraction of sp³-hybridized carbons (Fsp3) is 0.429. The number of nitrogens with zero attached hydrogens (tertiary/aromatic N) is 1. The van der Waals surface area contributed by atoms with Gasteiger partial charge in [0.1, 0.15) is 11.8 Å². The molecule has 0 spiro atoms. The van der Waals surface area contributed by atoms with Crippen LogP contribution in [0, 0.1) is 11.8 Å². The van der Waals surface area contributed by atoms with Crippen molar-refractivity contribution >= 4 is 23.7 Å². The first-order chi connectivity index (χ1) is 13.9. The first kappa shape index (κ1) is 20.6. The van der Waals surface area contributed by atoms with Crippen molar-refractivity contribution in [3.63, 3.8) is 0 Å². The van der Waals surface area contributed by atoms with Gasteiger partial charge in [0, 0.05) is 19.4 Å². The molecule has 2 aliphatic rings. The third kappa shape index (κ3) is 4.64. The van der Waals surface area contributed by atoms with E-state index in [1.54, 1.807) is 12.1 Å². The van der Waals surface area contributed by atoms with E-state index in [1.165, 1.54) is 19.2 Å². The number of fused-ring (bicyclic) bond motifs is 1. The van der Waals surface area contributed by atoms with Crippen LogP contribution in [0.2, 0.25) is 0 Å². The van der Waals surface area contributed by atoms with Crippen molar-refractivity contribution in [3.8, 4) is 5.75 Å². The Balaban J connectivity index is 1.57. The topological polar surface area (TPSA) is 113 Å². The van der Waals surface area contributed by atoms with Gasteiger partial charge in [0.2, 0.25) is 17.7 Å². The fourth-order valence-electron chi connectivity index (χ4n) is 3.77. The Morgan fingerprint density at radius 3 is 2.28 bits per heavy atom. The second-order valence-corrected chi connectivity index (χ2v) is 7.25. The molecule has 1 aromatic carbocycles. The van der Waals surface area contributed by atoms with Crippen LogP contribution in [-0.4, -0.2) is 53.4 Å². The predicted octanol–water partition coefficient (Wildman–Crippen LogP) is 0.934. The molecule has 0 aromatic heterocycles. The van der Waals surface area contributed by atoms with Gasteiger partial charge < -0.3 is 15.2 Å². The number of carbonyl (C=O) groups is 4. The van der Waals surface area contributed by atoms with Crippen molar-refractivity contribution < 1.29 is 29.0 Å². The van der Waals surface area contributed by atoms with E-state index in [9.17, 15) is 24.3 Å². The van der Waals surface area contributed by atoms with Crippen molar-refractivity contribution in [2.45, 2.75) is 31.7 Å². The number of phenolic OH excluding ortho intramolecular Hbond substituents is 1. The van der Waals surface area contributed by atoms with E-state index in [2.05, 4.69) is 5.32 Å². The monoisotopic (exact) mass is 400 g/mol. The van der Waals surface area contributed by atoms with E-state index in [0.717, 1.165) is 10.5 Å². The number of nitrogens with one attached hydrogen (secondary N) is 1. The highest BCUT2D eigenvalue weighted by Crippen LogP contribution is 2.34.